The molecule has 0 aromatic heterocycles. The lowest BCUT2D eigenvalue weighted by molar-refractivity contribution is -0.143. The number of aliphatic carboxylic acids is 1. The molecule has 0 saturated heterocycles. The molecule has 1 aromatic carbocycles. The Morgan fingerprint density at radius 2 is 2.00 bits per heavy atom. The van der Waals surface area contributed by atoms with E-state index in [9.17, 15) is 18.4 Å². The summed E-state index contributed by atoms with van der Waals surface area (Å²) in [6.45, 7) is -0.0723. The van der Waals surface area contributed by atoms with E-state index in [1.165, 1.54) is 0 Å². The zero-order chi connectivity index (χ0) is 13.3. The molecule has 0 radical (unpaired) electrons. The van der Waals surface area contributed by atoms with Gasteiger partial charge in [0.05, 0.1) is 11.0 Å². The predicted molar refractivity (Wildman–Crippen MR) is 58.0 cm³/mol. The van der Waals surface area contributed by atoms with Gasteiger partial charge in [0.25, 0.3) is 5.91 Å². The highest BCUT2D eigenvalue weighted by Crippen LogP contribution is 2.45. The number of hydrogen-bond donors (Lipinski definition) is 2. The second-order valence-electron chi connectivity index (χ2n) is 4.39. The van der Waals surface area contributed by atoms with E-state index >= 15 is 0 Å². The number of halogens is 2. The first-order valence-corrected chi connectivity index (χ1v) is 5.41. The van der Waals surface area contributed by atoms with Crippen LogP contribution in [0.3, 0.4) is 0 Å². The zero-order valence-electron chi connectivity index (χ0n) is 9.37. The summed E-state index contributed by atoms with van der Waals surface area (Å²) in [7, 11) is 0. The first-order chi connectivity index (χ1) is 8.44. The van der Waals surface area contributed by atoms with Crippen molar-refractivity contribution in [2.24, 2.45) is 5.41 Å². The van der Waals surface area contributed by atoms with E-state index in [2.05, 4.69) is 5.32 Å². The van der Waals surface area contributed by atoms with Crippen LogP contribution in [0.15, 0.2) is 18.2 Å². The smallest absolute Gasteiger partial charge is 0.311 e. The number of hydrogen-bond acceptors (Lipinski definition) is 2. The Morgan fingerprint density at radius 1 is 1.33 bits per heavy atom. The maximum absolute atomic E-state index is 13.3. The zero-order valence-corrected chi connectivity index (χ0v) is 9.37. The van der Waals surface area contributed by atoms with Crippen LogP contribution in [0, 0.1) is 17.0 Å². The van der Waals surface area contributed by atoms with Crippen LogP contribution in [-0.2, 0) is 4.79 Å². The molecule has 6 heteroatoms. The average molecular weight is 255 g/mol. The summed E-state index contributed by atoms with van der Waals surface area (Å²) in [5.74, 6) is -3.35. The van der Waals surface area contributed by atoms with Gasteiger partial charge in [-0.3, -0.25) is 9.59 Å². The molecule has 96 valence electrons. The van der Waals surface area contributed by atoms with E-state index in [-0.39, 0.29) is 6.54 Å². The Balaban J connectivity index is 2.04. The standard InChI is InChI=1S/C12H11F2NO3/c13-7-1-2-9(14)8(5-7)10(16)15-6-12(3-4-12)11(17)18/h1-2,5H,3-4,6H2,(H,15,16)(H,17,18). The summed E-state index contributed by atoms with van der Waals surface area (Å²) >= 11 is 0. The van der Waals surface area contributed by atoms with Crippen LogP contribution in [0.25, 0.3) is 0 Å². The largest absolute Gasteiger partial charge is 0.481 e. The third-order valence-corrected chi connectivity index (χ3v) is 3.07. The molecule has 4 nitrogen and oxygen atoms in total. The van der Waals surface area contributed by atoms with Gasteiger partial charge < -0.3 is 10.4 Å². The number of carbonyl (C=O) groups excluding carboxylic acids is 1. The van der Waals surface area contributed by atoms with E-state index in [0.29, 0.717) is 12.8 Å². The van der Waals surface area contributed by atoms with Gasteiger partial charge >= 0.3 is 5.97 Å². The summed E-state index contributed by atoms with van der Waals surface area (Å²) in [6, 6.07) is 2.55. The normalized spacial score (nSPS) is 16.1. The third kappa shape index (κ3) is 2.32. The minimum absolute atomic E-state index is 0.0723. The number of carboxylic acids is 1. The Kier molecular flexibility index (Phi) is 3.02. The third-order valence-electron chi connectivity index (χ3n) is 3.07. The Morgan fingerprint density at radius 3 is 2.56 bits per heavy atom. The monoisotopic (exact) mass is 255 g/mol. The van der Waals surface area contributed by atoms with Crippen molar-refractivity contribution in [3.63, 3.8) is 0 Å². The lowest BCUT2D eigenvalue weighted by Gasteiger charge is -2.11. The molecule has 0 bridgehead atoms. The summed E-state index contributed by atoms with van der Waals surface area (Å²) in [6.07, 6.45) is 0.961. The Labute approximate surface area is 102 Å². The molecule has 1 aromatic rings. The summed E-state index contributed by atoms with van der Waals surface area (Å²) in [5.41, 5.74) is -1.35. The maximum Gasteiger partial charge on any atom is 0.311 e. The van der Waals surface area contributed by atoms with Gasteiger partial charge in [-0.1, -0.05) is 0 Å². The summed E-state index contributed by atoms with van der Waals surface area (Å²) in [4.78, 5) is 22.5. The van der Waals surface area contributed by atoms with Crippen LogP contribution in [0.4, 0.5) is 8.78 Å². The van der Waals surface area contributed by atoms with Crippen LogP contribution >= 0.6 is 0 Å². The molecule has 18 heavy (non-hydrogen) atoms. The highest BCUT2D eigenvalue weighted by atomic mass is 19.1. The number of benzene rings is 1. The van der Waals surface area contributed by atoms with Crippen molar-refractivity contribution in [3.05, 3.63) is 35.4 Å². The molecule has 0 spiro atoms. The molecular formula is C12H11F2NO3. The molecule has 1 fully saturated rings. The topological polar surface area (TPSA) is 66.4 Å². The van der Waals surface area contributed by atoms with E-state index < -0.39 is 34.5 Å². The van der Waals surface area contributed by atoms with Crippen molar-refractivity contribution in [1.29, 1.82) is 0 Å². The molecule has 0 aliphatic heterocycles. The predicted octanol–water partition coefficient (Wildman–Crippen LogP) is 1.56. The van der Waals surface area contributed by atoms with Crippen molar-refractivity contribution in [1.82, 2.24) is 5.32 Å². The molecule has 0 heterocycles. The minimum atomic E-state index is -0.984. The van der Waals surface area contributed by atoms with Crippen molar-refractivity contribution in [2.75, 3.05) is 6.54 Å². The van der Waals surface area contributed by atoms with Crippen molar-refractivity contribution in [2.45, 2.75) is 12.8 Å². The number of rotatable bonds is 4. The molecule has 1 saturated carbocycles. The van der Waals surface area contributed by atoms with Gasteiger partial charge in [-0.2, -0.15) is 0 Å². The van der Waals surface area contributed by atoms with Gasteiger partial charge in [0, 0.05) is 6.54 Å². The fourth-order valence-corrected chi connectivity index (χ4v) is 1.63. The van der Waals surface area contributed by atoms with E-state index in [1.54, 1.807) is 0 Å². The second-order valence-corrected chi connectivity index (χ2v) is 4.39. The van der Waals surface area contributed by atoms with Crippen molar-refractivity contribution >= 4 is 11.9 Å². The van der Waals surface area contributed by atoms with Gasteiger partial charge in [0.15, 0.2) is 0 Å². The van der Waals surface area contributed by atoms with Crippen LogP contribution in [0.1, 0.15) is 23.2 Å². The molecule has 0 unspecified atom stereocenters. The molecule has 0 atom stereocenters. The lowest BCUT2D eigenvalue weighted by Crippen LogP contribution is -2.34. The first kappa shape index (κ1) is 12.5. The highest BCUT2D eigenvalue weighted by molar-refractivity contribution is 5.95. The van der Waals surface area contributed by atoms with Crippen LogP contribution in [-0.4, -0.2) is 23.5 Å². The van der Waals surface area contributed by atoms with Crippen LogP contribution < -0.4 is 5.32 Å². The average Bonchev–Trinajstić information content (AvgIpc) is 3.10. The van der Waals surface area contributed by atoms with E-state index in [4.69, 9.17) is 5.11 Å². The molecule has 1 amide bonds. The number of carbonyl (C=O) groups is 2. The second kappa shape index (κ2) is 4.36. The van der Waals surface area contributed by atoms with Gasteiger partial charge in [-0.25, -0.2) is 8.78 Å². The molecule has 1 aliphatic carbocycles. The quantitative estimate of drug-likeness (QED) is 0.858. The van der Waals surface area contributed by atoms with Crippen molar-refractivity contribution in [3.8, 4) is 0 Å². The lowest BCUT2D eigenvalue weighted by atomic mass is 10.1. The first-order valence-electron chi connectivity index (χ1n) is 5.41. The van der Waals surface area contributed by atoms with Gasteiger partial charge in [0.1, 0.15) is 11.6 Å². The van der Waals surface area contributed by atoms with Gasteiger partial charge in [0.2, 0.25) is 0 Å². The van der Waals surface area contributed by atoms with Gasteiger partial charge in [-0.05, 0) is 31.0 Å². The Bertz CT molecular complexity index is 512. The van der Waals surface area contributed by atoms with Crippen LogP contribution in [0.2, 0.25) is 0 Å². The fraction of sp³-hybridized carbons (Fsp3) is 0.333. The minimum Gasteiger partial charge on any atom is -0.481 e. The number of carboxylic acid groups (broad SMARTS) is 1. The number of nitrogens with one attached hydrogen (secondary N) is 1. The SMILES string of the molecule is O=C(NCC1(C(=O)O)CC1)c1cc(F)ccc1F. The molecule has 2 rings (SSSR count). The van der Waals surface area contributed by atoms with Gasteiger partial charge in [-0.15, -0.1) is 0 Å². The van der Waals surface area contributed by atoms with Crippen LogP contribution in [0.5, 0.6) is 0 Å². The summed E-state index contributed by atoms with van der Waals surface area (Å²) < 4.78 is 26.2. The molecular weight excluding hydrogens is 244 g/mol. The highest BCUT2D eigenvalue weighted by Gasteiger charge is 2.50. The maximum atomic E-state index is 13.3. The van der Waals surface area contributed by atoms with E-state index in [0.717, 1.165) is 18.2 Å². The van der Waals surface area contributed by atoms with E-state index in [1.807, 2.05) is 0 Å². The van der Waals surface area contributed by atoms with Crippen molar-refractivity contribution < 1.29 is 23.5 Å². The molecule has 1 aliphatic rings. The number of amides is 1. The summed E-state index contributed by atoms with van der Waals surface area (Å²) in [5, 5.41) is 11.2. The molecule has 2 N–H and O–H groups in total. The fourth-order valence-electron chi connectivity index (χ4n) is 1.63. The Hall–Kier alpha value is -1.98.